The molecule has 0 unspecified atom stereocenters. The number of para-hydroxylation sites is 1. The molecule has 0 heterocycles. The van der Waals surface area contributed by atoms with Crippen molar-refractivity contribution in [2.24, 2.45) is 0 Å². The van der Waals surface area contributed by atoms with Crippen LogP contribution < -0.4 is 0 Å². The van der Waals surface area contributed by atoms with Crippen LogP contribution in [0, 0.1) is 10.1 Å². The highest BCUT2D eigenvalue weighted by Gasteiger charge is 2.26. The van der Waals surface area contributed by atoms with Gasteiger partial charge in [0.05, 0.1) is 16.1 Å². The molecule has 0 saturated heterocycles. The van der Waals surface area contributed by atoms with Crippen molar-refractivity contribution < 1.29 is 18.5 Å². The molecular formula is C9H7F2NO3. The Bertz CT molecular complexity index is 418. The van der Waals surface area contributed by atoms with Crippen LogP contribution in [0.5, 0.6) is 0 Å². The molecule has 1 aromatic rings. The Balaban J connectivity index is 3.48. The van der Waals surface area contributed by atoms with Gasteiger partial charge in [0.25, 0.3) is 12.1 Å². The van der Waals surface area contributed by atoms with Crippen LogP contribution in [-0.2, 0) is 0 Å². The quantitative estimate of drug-likeness (QED) is 0.442. The largest absolute Gasteiger partial charge is 0.294 e. The Hall–Kier alpha value is -1.85. The highest BCUT2D eigenvalue weighted by molar-refractivity contribution is 5.98. The predicted octanol–water partition coefficient (Wildman–Crippen LogP) is 2.74. The molecule has 0 aromatic heterocycles. The van der Waals surface area contributed by atoms with E-state index in [9.17, 15) is 23.7 Å². The highest BCUT2D eigenvalue weighted by atomic mass is 19.3. The molecule has 4 nitrogen and oxygen atoms in total. The molecule has 0 aliphatic heterocycles. The van der Waals surface area contributed by atoms with Gasteiger partial charge in [-0.1, -0.05) is 6.07 Å². The van der Waals surface area contributed by atoms with Crippen molar-refractivity contribution >= 4 is 11.5 Å². The molecule has 1 rings (SSSR count). The maximum Gasteiger partial charge on any atom is 0.289 e. The lowest BCUT2D eigenvalue weighted by atomic mass is 10.0. The van der Waals surface area contributed by atoms with Crippen LogP contribution in [0.1, 0.15) is 29.3 Å². The molecule has 0 atom stereocenters. The Morgan fingerprint density at radius 2 is 2.07 bits per heavy atom. The van der Waals surface area contributed by atoms with Gasteiger partial charge in [-0.2, -0.15) is 0 Å². The van der Waals surface area contributed by atoms with E-state index >= 15 is 0 Å². The van der Waals surface area contributed by atoms with Gasteiger partial charge in [0, 0.05) is 0 Å². The number of hydrogen-bond donors (Lipinski definition) is 0. The van der Waals surface area contributed by atoms with Gasteiger partial charge >= 0.3 is 0 Å². The molecule has 1 aromatic carbocycles. The number of hydrogen-bond acceptors (Lipinski definition) is 3. The molecule has 0 N–H and O–H groups in total. The maximum atomic E-state index is 12.4. The average molecular weight is 215 g/mol. The van der Waals surface area contributed by atoms with Crippen LogP contribution in [0.25, 0.3) is 0 Å². The van der Waals surface area contributed by atoms with E-state index in [1.165, 1.54) is 6.07 Å². The first-order chi connectivity index (χ1) is 6.95. The molecule has 80 valence electrons. The number of nitrogens with zero attached hydrogens (tertiary/aromatic N) is 1. The minimum absolute atomic E-state index is 0.294. The second-order valence-electron chi connectivity index (χ2n) is 2.86. The summed E-state index contributed by atoms with van der Waals surface area (Å²) in [6.45, 7) is 1.09. The van der Waals surface area contributed by atoms with E-state index in [-0.39, 0.29) is 5.56 Å². The first-order valence-corrected chi connectivity index (χ1v) is 4.01. The summed E-state index contributed by atoms with van der Waals surface area (Å²) >= 11 is 0. The number of benzene rings is 1. The molecule has 0 aliphatic carbocycles. The van der Waals surface area contributed by atoms with E-state index in [0.29, 0.717) is 0 Å². The number of alkyl halides is 2. The SMILES string of the molecule is CC(=O)c1cccc(C(F)F)c1[N+](=O)[O-]. The van der Waals surface area contributed by atoms with Crippen LogP contribution in [0.2, 0.25) is 0 Å². The number of nitro benzene ring substituents is 1. The molecule has 6 heteroatoms. The van der Waals surface area contributed by atoms with Crippen molar-refractivity contribution in [3.05, 3.63) is 39.4 Å². The van der Waals surface area contributed by atoms with E-state index in [2.05, 4.69) is 0 Å². The average Bonchev–Trinajstić information content (AvgIpc) is 2.16. The normalized spacial score (nSPS) is 10.4. The standard InChI is InChI=1S/C9H7F2NO3/c1-5(13)6-3-2-4-7(9(10)11)8(6)12(14)15/h2-4,9H,1H3. The predicted molar refractivity (Wildman–Crippen MR) is 48.1 cm³/mol. The van der Waals surface area contributed by atoms with Crippen molar-refractivity contribution in [3.63, 3.8) is 0 Å². The lowest BCUT2D eigenvalue weighted by Crippen LogP contribution is -2.04. The lowest BCUT2D eigenvalue weighted by molar-refractivity contribution is -0.386. The third-order valence-electron chi connectivity index (χ3n) is 1.86. The van der Waals surface area contributed by atoms with Gasteiger partial charge in [0.1, 0.15) is 0 Å². The van der Waals surface area contributed by atoms with E-state index in [1.54, 1.807) is 0 Å². The minimum Gasteiger partial charge on any atom is -0.294 e. The van der Waals surface area contributed by atoms with Crippen LogP contribution >= 0.6 is 0 Å². The Morgan fingerprint density at radius 3 is 2.47 bits per heavy atom. The summed E-state index contributed by atoms with van der Waals surface area (Å²) < 4.78 is 24.8. The molecule has 15 heavy (non-hydrogen) atoms. The van der Waals surface area contributed by atoms with Crippen LogP contribution in [-0.4, -0.2) is 10.7 Å². The first-order valence-electron chi connectivity index (χ1n) is 4.01. The number of carbonyl (C=O) groups excluding carboxylic acids is 1. The van der Waals surface area contributed by atoms with Gasteiger partial charge in [0.2, 0.25) is 0 Å². The zero-order chi connectivity index (χ0) is 11.6. The molecule has 0 spiro atoms. The molecule has 0 saturated carbocycles. The van der Waals surface area contributed by atoms with Gasteiger partial charge < -0.3 is 0 Å². The van der Waals surface area contributed by atoms with E-state index in [4.69, 9.17) is 0 Å². The topological polar surface area (TPSA) is 60.2 Å². The zero-order valence-corrected chi connectivity index (χ0v) is 7.74. The van der Waals surface area contributed by atoms with Crippen molar-refractivity contribution in [3.8, 4) is 0 Å². The lowest BCUT2D eigenvalue weighted by Gasteiger charge is -2.04. The van der Waals surface area contributed by atoms with Crippen LogP contribution in [0.4, 0.5) is 14.5 Å². The van der Waals surface area contributed by atoms with Gasteiger partial charge in [-0.05, 0) is 19.1 Å². The molecule has 0 amide bonds. The number of nitro groups is 1. The molecule has 0 fully saturated rings. The monoisotopic (exact) mass is 215 g/mol. The van der Waals surface area contributed by atoms with Crippen LogP contribution in [0.15, 0.2) is 18.2 Å². The Kier molecular flexibility index (Phi) is 3.08. The van der Waals surface area contributed by atoms with Crippen molar-refractivity contribution in [1.82, 2.24) is 0 Å². The molecule has 0 bridgehead atoms. The summed E-state index contributed by atoms with van der Waals surface area (Å²) in [7, 11) is 0. The summed E-state index contributed by atoms with van der Waals surface area (Å²) in [6.07, 6.45) is -2.97. The van der Waals surface area contributed by atoms with Gasteiger partial charge in [-0.3, -0.25) is 14.9 Å². The second-order valence-corrected chi connectivity index (χ2v) is 2.86. The number of rotatable bonds is 3. The van der Waals surface area contributed by atoms with E-state index < -0.39 is 28.4 Å². The summed E-state index contributed by atoms with van der Waals surface area (Å²) in [6, 6.07) is 3.30. The number of carbonyl (C=O) groups is 1. The first kappa shape index (κ1) is 11.2. The minimum atomic E-state index is -2.97. The fraction of sp³-hybridized carbons (Fsp3) is 0.222. The summed E-state index contributed by atoms with van der Waals surface area (Å²) in [5.41, 5.74) is -1.83. The zero-order valence-electron chi connectivity index (χ0n) is 7.74. The number of ketones is 1. The fourth-order valence-corrected chi connectivity index (χ4v) is 1.23. The van der Waals surface area contributed by atoms with E-state index in [0.717, 1.165) is 19.1 Å². The fourth-order valence-electron chi connectivity index (χ4n) is 1.23. The second kappa shape index (κ2) is 4.12. The number of Topliss-reactive ketones (excluding diaryl/α,β-unsaturated/α-hetero) is 1. The summed E-state index contributed by atoms with van der Waals surface area (Å²) in [5.74, 6) is -0.607. The Morgan fingerprint density at radius 1 is 1.47 bits per heavy atom. The van der Waals surface area contributed by atoms with Crippen molar-refractivity contribution in [1.29, 1.82) is 0 Å². The molecular weight excluding hydrogens is 208 g/mol. The molecule has 0 aliphatic rings. The highest BCUT2D eigenvalue weighted by Crippen LogP contribution is 2.31. The number of halogens is 2. The van der Waals surface area contributed by atoms with Crippen molar-refractivity contribution in [2.45, 2.75) is 13.3 Å². The van der Waals surface area contributed by atoms with Crippen molar-refractivity contribution in [2.75, 3.05) is 0 Å². The van der Waals surface area contributed by atoms with Gasteiger partial charge in [-0.15, -0.1) is 0 Å². The maximum absolute atomic E-state index is 12.4. The van der Waals surface area contributed by atoms with Crippen LogP contribution in [0.3, 0.4) is 0 Å². The summed E-state index contributed by atoms with van der Waals surface area (Å²) in [5, 5.41) is 10.6. The third kappa shape index (κ3) is 2.15. The summed E-state index contributed by atoms with van der Waals surface area (Å²) in [4.78, 5) is 20.6. The Labute approximate surface area is 83.7 Å². The third-order valence-corrected chi connectivity index (χ3v) is 1.86. The van der Waals surface area contributed by atoms with Gasteiger partial charge in [-0.25, -0.2) is 8.78 Å². The smallest absolute Gasteiger partial charge is 0.289 e. The molecule has 0 radical (unpaired) electrons. The van der Waals surface area contributed by atoms with Gasteiger partial charge in [0.15, 0.2) is 5.78 Å². The van der Waals surface area contributed by atoms with E-state index in [1.807, 2.05) is 0 Å².